The van der Waals surface area contributed by atoms with E-state index in [1.165, 1.54) is 0 Å². The third-order valence-electron chi connectivity index (χ3n) is 5.07. The van der Waals surface area contributed by atoms with Gasteiger partial charge in [0.1, 0.15) is 5.76 Å². The molecule has 2 aromatic carbocycles. The van der Waals surface area contributed by atoms with Gasteiger partial charge in [-0.2, -0.15) is 0 Å². The van der Waals surface area contributed by atoms with Gasteiger partial charge in [0.25, 0.3) is 5.91 Å². The van der Waals surface area contributed by atoms with Crippen molar-refractivity contribution in [3.63, 3.8) is 0 Å². The van der Waals surface area contributed by atoms with Gasteiger partial charge in [-0.1, -0.05) is 18.2 Å². The topological polar surface area (TPSA) is 81.4 Å². The quantitative estimate of drug-likeness (QED) is 0.623. The number of hydrogen-bond donors (Lipinski definition) is 1. The fraction of sp³-hybridized carbons (Fsp3) is 0.304. The molecule has 2 heterocycles. The largest absolute Gasteiger partial charge is 0.441 e. The Kier molecular flexibility index (Phi) is 6.40. The minimum absolute atomic E-state index is 0.114. The van der Waals surface area contributed by atoms with E-state index >= 15 is 0 Å². The van der Waals surface area contributed by atoms with Crippen molar-refractivity contribution < 1.29 is 18.2 Å². The molecule has 0 spiro atoms. The van der Waals surface area contributed by atoms with Gasteiger partial charge in [0, 0.05) is 29.2 Å². The number of benzene rings is 2. The summed E-state index contributed by atoms with van der Waals surface area (Å²) in [5.41, 5.74) is 2.02. The van der Waals surface area contributed by atoms with E-state index in [1.807, 2.05) is 49.4 Å². The Morgan fingerprint density at radius 3 is 2.63 bits per heavy atom. The zero-order chi connectivity index (χ0) is 20.9. The van der Waals surface area contributed by atoms with Crippen LogP contribution in [0.2, 0.25) is 0 Å². The second kappa shape index (κ2) is 9.36. The molecular weight excluding hydrogens is 400 g/mol. The normalized spacial score (nSPS) is 17.0. The van der Waals surface area contributed by atoms with Crippen LogP contribution in [0.25, 0.3) is 11.5 Å². The number of aryl methyl sites for hydroxylation is 1. The first-order valence-electron chi connectivity index (χ1n) is 10.00. The summed E-state index contributed by atoms with van der Waals surface area (Å²) >= 11 is 0. The molecule has 1 amide bonds. The molecule has 0 bridgehead atoms. The van der Waals surface area contributed by atoms with E-state index in [4.69, 9.17) is 9.15 Å². The van der Waals surface area contributed by atoms with Gasteiger partial charge in [-0.15, -0.1) is 0 Å². The van der Waals surface area contributed by atoms with Crippen molar-refractivity contribution in [2.45, 2.75) is 36.5 Å². The fourth-order valence-electron chi connectivity index (χ4n) is 3.34. The van der Waals surface area contributed by atoms with Crippen molar-refractivity contribution >= 4 is 16.7 Å². The number of amides is 1. The predicted octanol–water partition coefficient (Wildman–Crippen LogP) is 3.87. The molecule has 2 atom stereocenters. The van der Waals surface area contributed by atoms with E-state index in [-0.39, 0.29) is 12.0 Å². The zero-order valence-electron chi connectivity index (χ0n) is 16.8. The van der Waals surface area contributed by atoms with Crippen LogP contribution < -0.4 is 5.32 Å². The molecule has 156 valence electrons. The summed E-state index contributed by atoms with van der Waals surface area (Å²) in [7, 11) is -1.19. The summed E-state index contributed by atoms with van der Waals surface area (Å²) in [6, 6.07) is 16.4. The van der Waals surface area contributed by atoms with Crippen molar-refractivity contribution in [2.75, 3.05) is 13.2 Å². The molecule has 1 N–H and O–H groups in total. The Balaban J connectivity index is 1.41. The average Bonchev–Trinajstić information content (AvgIpc) is 3.43. The summed E-state index contributed by atoms with van der Waals surface area (Å²) in [5.74, 6) is 1.27. The molecule has 1 aromatic heterocycles. The molecule has 30 heavy (non-hydrogen) atoms. The van der Waals surface area contributed by atoms with E-state index < -0.39 is 10.8 Å². The van der Waals surface area contributed by atoms with Crippen molar-refractivity contribution in [3.05, 3.63) is 71.6 Å². The summed E-state index contributed by atoms with van der Waals surface area (Å²) in [6.45, 7) is 3.12. The average molecular weight is 425 g/mol. The van der Waals surface area contributed by atoms with E-state index in [1.54, 1.807) is 12.1 Å². The first kappa shape index (κ1) is 20.5. The number of carbonyl (C=O) groups is 1. The van der Waals surface area contributed by atoms with Crippen LogP contribution in [0.4, 0.5) is 0 Å². The van der Waals surface area contributed by atoms with Crippen LogP contribution in [0, 0.1) is 6.92 Å². The SMILES string of the molecule is Cc1oc(-c2ccc(C(=O)NCC3CCCO3)cc2)nc1CS(=O)c1ccccc1. The van der Waals surface area contributed by atoms with Crippen LogP contribution in [0.1, 0.15) is 34.7 Å². The van der Waals surface area contributed by atoms with Crippen molar-refractivity contribution in [2.24, 2.45) is 0 Å². The lowest BCUT2D eigenvalue weighted by atomic mass is 10.1. The van der Waals surface area contributed by atoms with Gasteiger partial charge in [-0.25, -0.2) is 4.98 Å². The standard InChI is InChI=1S/C23H24N2O4S/c1-16-21(15-30(27)20-7-3-2-4-8-20)25-23(29-16)18-11-9-17(10-12-18)22(26)24-14-19-6-5-13-28-19/h2-4,7-12,19H,5-6,13-15H2,1H3,(H,24,26). The molecule has 4 rings (SSSR count). The Hall–Kier alpha value is -2.77. The van der Waals surface area contributed by atoms with E-state index in [2.05, 4.69) is 10.3 Å². The molecule has 1 aliphatic rings. The Morgan fingerprint density at radius 1 is 1.17 bits per heavy atom. The van der Waals surface area contributed by atoms with Crippen LogP contribution in [-0.2, 0) is 21.3 Å². The molecular formula is C23H24N2O4S. The maximum absolute atomic E-state index is 12.6. The number of hydrogen-bond acceptors (Lipinski definition) is 5. The monoisotopic (exact) mass is 424 g/mol. The van der Waals surface area contributed by atoms with Crippen LogP contribution >= 0.6 is 0 Å². The molecule has 1 fully saturated rings. The molecule has 3 aromatic rings. The lowest BCUT2D eigenvalue weighted by molar-refractivity contribution is 0.0858. The minimum atomic E-state index is -1.19. The molecule has 6 nitrogen and oxygen atoms in total. The Morgan fingerprint density at radius 2 is 1.93 bits per heavy atom. The smallest absolute Gasteiger partial charge is 0.251 e. The predicted molar refractivity (Wildman–Crippen MR) is 115 cm³/mol. The van der Waals surface area contributed by atoms with Crippen molar-refractivity contribution in [1.82, 2.24) is 10.3 Å². The zero-order valence-corrected chi connectivity index (χ0v) is 17.6. The summed E-state index contributed by atoms with van der Waals surface area (Å²) < 4.78 is 23.9. The van der Waals surface area contributed by atoms with Gasteiger partial charge in [-0.3, -0.25) is 9.00 Å². The maximum Gasteiger partial charge on any atom is 0.251 e. The second-order valence-electron chi connectivity index (χ2n) is 7.25. The van der Waals surface area contributed by atoms with E-state index in [0.717, 1.165) is 29.9 Å². The second-order valence-corrected chi connectivity index (χ2v) is 8.70. The molecule has 0 aliphatic carbocycles. The van der Waals surface area contributed by atoms with Gasteiger partial charge < -0.3 is 14.5 Å². The highest BCUT2D eigenvalue weighted by atomic mass is 32.2. The lowest BCUT2D eigenvalue weighted by Gasteiger charge is -2.10. The Bertz CT molecular complexity index is 1030. The Labute approximate surface area is 178 Å². The van der Waals surface area contributed by atoms with Crippen LogP contribution in [-0.4, -0.2) is 34.4 Å². The van der Waals surface area contributed by atoms with Crippen LogP contribution in [0.15, 0.2) is 63.9 Å². The van der Waals surface area contributed by atoms with Crippen LogP contribution in [0.5, 0.6) is 0 Å². The highest BCUT2D eigenvalue weighted by Crippen LogP contribution is 2.24. The third-order valence-corrected chi connectivity index (χ3v) is 6.41. The summed E-state index contributed by atoms with van der Waals surface area (Å²) in [4.78, 5) is 17.6. The first-order chi connectivity index (χ1) is 14.6. The lowest BCUT2D eigenvalue weighted by Crippen LogP contribution is -2.31. The number of rotatable bonds is 7. The molecule has 7 heteroatoms. The van der Waals surface area contributed by atoms with Gasteiger partial charge in [0.2, 0.25) is 5.89 Å². The van der Waals surface area contributed by atoms with Crippen LogP contribution in [0.3, 0.4) is 0 Å². The number of nitrogens with one attached hydrogen (secondary N) is 1. The van der Waals surface area contributed by atoms with Gasteiger partial charge in [-0.05, 0) is 56.2 Å². The summed E-state index contributed by atoms with van der Waals surface area (Å²) in [6.07, 6.45) is 2.15. The van der Waals surface area contributed by atoms with Gasteiger partial charge in [0.15, 0.2) is 0 Å². The molecule has 0 radical (unpaired) electrons. The maximum atomic E-state index is 12.6. The number of nitrogens with zero attached hydrogens (tertiary/aromatic N) is 1. The highest BCUT2D eigenvalue weighted by Gasteiger charge is 2.18. The van der Waals surface area contributed by atoms with Gasteiger partial charge in [0.05, 0.1) is 28.4 Å². The van der Waals surface area contributed by atoms with Crippen molar-refractivity contribution in [1.29, 1.82) is 0 Å². The van der Waals surface area contributed by atoms with Gasteiger partial charge >= 0.3 is 0 Å². The minimum Gasteiger partial charge on any atom is -0.441 e. The molecule has 1 saturated heterocycles. The molecule has 2 unspecified atom stereocenters. The highest BCUT2D eigenvalue weighted by molar-refractivity contribution is 7.84. The number of oxazole rings is 1. The first-order valence-corrected chi connectivity index (χ1v) is 11.3. The van der Waals surface area contributed by atoms with E-state index in [0.29, 0.717) is 35.2 Å². The molecule has 1 aliphatic heterocycles. The van der Waals surface area contributed by atoms with E-state index in [9.17, 15) is 9.00 Å². The molecule has 0 saturated carbocycles. The third kappa shape index (κ3) is 4.86. The number of carbonyl (C=O) groups excluding carboxylic acids is 1. The van der Waals surface area contributed by atoms with Crippen molar-refractivity contribution in [3.8, 4) is 11.5 Å². The number of aromatic nitrogens is 1. The summed E-state index contributed by atoms with van der Waals surface area (Å²) in [5, 5.41) is 2.91. The fourth-order valence-corrected chi connectivity index (χ4v) is 4.49. The number of ether oxygens (including phenoxy) is 1.